The first kappa shape index (κ1) is 19.9. The van der Waals surface area contributed by atoms with Gasteiger partial charge in [-0.3, -0.25) is 4.79 Å². The summed E-state index contributed by atoms with van der Waals surface area (Å²) in [5.41, 5.74) is 2.07. The maximum absolute atomic E-state index is 13.1. The van der Waals surface area contributed by atoms with Crippen molar-refractivity contribution in [1.82, 2.24) is 19.4 Å². The molecule has 0 bridgehead atoms. The lowest BCUT2D eigenvalue weighted by molar-refractivity contribution is -0.133. The Bertz CT molecular complexity index is 980. The van der Waals surface area contributed by atoms with E-state index in [4.69, 9.17) is 0 Å². The Hall–Kier alpha value is -2.38. The third-order valence-corrected chi connectivity index (χ3v) is 6.50. The quantitative estimate of drug-likeness (QED) is 0.580. The highest BCUT2D eigenvalue weighted by Crippen LogP contribution is 2.29. The monoisotopic (exact) mass is 412 g/mol. The molecule has 0 spiro atoms. The second-order valence-corrected chi connectivity index (χ2v) is 8.19. The average Bonchev–Trinajstić information content (AvgIpc) is 3.17. The van der Waals surface area contributed by atoms with E-state index in [2.05, 4.69) is 16.8 Å². The van der Waals surface area contributed by atoms with Crippen LogP contribution in [0.5, 0.6) is 0 Å². The van der Waals surface area contributed by atoms with E-state index in [1.807, 2.05) is 27.8 Å². The van der Waals surface area contributed by atoms with E-state index < -0.39 is 0 Å². The number of amides is 1. The van der Waals surface area contributed by atoms with E-state index in [1.165, 1.54) is 12.1 Å². The number of carbonyl (C=O) groups excluding carboxylic acids is 1. The molecule has 0 unspecified atom stereocenters. The zero-order valence-electron chi connectivity index (χ0n) is 16.6. The van der Waals surface area contributed by atoms with Crippen LogP contribution in [0.3, 0.4) is 0 Å². The van der Waals surface area contributed by atoms with Crippen LogP contribution in [-0.4, -0.2) is 58.0 Å². The minimum atomic E-state index is -0.225. The summed E-state index contributed by atoms with van der Waals surface area (Å²) in [7, 11) is 0. The normalized spacial score (nSPS) is 15.2. The van der Waals surface area contributed by atoms with Crippen LogP contribution in [-0.2, 0) is 17.1 Å². The number of hydrogen-bond acceptors (Lipinski definition) is 4. The Kier molecular flexibility index (Phi) is 6.16. The van der Waals surface area contributed by atoms with Gasteiger partial charge in [-0.25, -0.2) is 9.37 Å². The first-order chi connectivity index (χ1) is 14.1. The van der Waals surface area contributed by atoms with E-state index in [0.717, 1.165) is 60.0 Å². The molecule has 3 aromatic rings. The Balaban J connectivity index is 1.44. The van der Waals surface area contributed by atoms with Gasteiger partial charge in [0.25, 0.3) is 0 Å². The van der Waals surface area contributed by atoms with Crippen LogP contribution in [0.1, 0.15) is 12.5 Å². The lowest BCUT2D eigenvalue weighted by Gasteiger charge is -2.34. The third kappa shape index (κ3) is 4.62. The first-order valence-corrected chi connectivity index (χ1v) is 10.9. The molecule has 7 heteroatoms. The van der Waals surface area contributed by atoms with Gasteiger partial charge in [0.2, 0.25) is 5.91 Å². The number of benzene rings is 1. The van der Waals surface area contributed by atoms with Gasteiger partial charge in [0, 0.05) is 49.7 Å². The third-order valence-electron chi connectivity index (χ3n) is 5.43. The Morgan fingerprint density at radius 3 is 2.59 bits per heavy atom. The van der Waals surface area contributed by atoms with Crippen molar-refractivity contribution in [3.63, 3.8) is 0 Å². The van der Waals surface area contributed by atoms with Gasteiger partial charge >= 0.3 is 0 Å². The molecule has 3 heterocycles. The Morgan fingerprint density at radius 2 is 1.86 bits per heavy atom. The molecule has 1 aliphatic heterocycles. The molecule has 1 amide bonds. The molecule has 0 saturated carbocycles. The molecule has 29 heavy (non-hydrogen) atoms. The smallest absolute Gasteiger partial charge is 0.242 e. The molecule has 2 aromatic heterocycles. The number of carbonyl (C=O) groups is 1. The summed E-state index contributed by atoms with van der Waals surface area (Å²) in [6, 6.07) is 10.5. The predicted octanol–water partition coefficient (Wildman–Crippen LogP) is 3.63. The minimum Gasteiger partial charge on any atom is -0.339 e. The van der Waals surface area contributed by atoms with Crippen LogP contribution < -0.4 is 0 Å². The summed E-state index contributed by atoms with van der Waals surface area (Å²) >= 11 is 1.62. The van der Waals surface area contributed by atoms with E-state index >= 15 is 0 Å². The molecular weight excluding hydrogens is 387 g/mol. The van der Waals surface area contributed by atoms with Crippen LogP contribution in [0, 0.1) is 5.82 Å². The number of hydrogen-bond donors (Lipinski definition) is 0. The Morgan fingerprint density at radius 1 is 1.10 bits per heavy atom. The van der Waals surface area contributed by atoms with Crippen LogP contribution >= 0.6 is 11.8 Å². The fraction of sp³-hybridized carbons (Fsp3) is 0.364. The van der Waals surface area contributed by atoms with Gasteiger partial charge in [0.05, 0.1) is 5.52 Å². The molecule has 1 aromatic carbocycles. The average molecular weight is 413 g/mol. The van der Waals surface area contributed by atoms with Crippen molar-refractivity contribution in [3.05, 3.63) is 60.2 Å². The molecule has 0 radical (unpaired) electrons. The number of thioether (sulfide) groups is 1. The standard InChI is InChI=1S/C22H25FN4OS/c1-2-25-11-13-26(14-12-25)21(28)15-27-10-8-19-20(27)7-9-24-22(19)29-16-17-3-5-18(23)6-4-17/h3-10H,2,11-16H2,1H3. The van der Waals surface area contributed by atoms with Crippen LogP contribution in [0.25, 0.3) is 10.9 Å². The molecule has 0 atom stereocenters. The number of likely N-dealkylation sites (N-methyl/N-ethyl adjacent to an activating group) is 1. The summed E-state index contributed by atoms with van der Waals surface area (Å²) in [6.45, 7) is 7.03. The number of pyridine rings is 1. The van der Waals surface area contributed by atoms with Gasteiger partial charge in [0.15, 0.2) is 0 Å². The van der Waals surface area contributed by atoms with Crippen molar-refractivity contribution in [2.75, 3.05) is 32.7 Å². The summed E-state index contributed by atoms with van der Waals surface area (Å²) in [5, 5.41) is 1.97. The topological polar surface area (TPSA) is 41.4 Å². The summed E-state index contributed by atoms with van der Waals surface area (Å²) < 4.78 is 15.1. The number of rotatable bonds is 6. The maximum Gasteiger partial charge on any atom is 0.242 e. The lowest BCUT2D eigenvalue weighted by Crippen LogP contribution is -2.49. The molecule has 5 nitrogen and oxygen atoms in total. The second-order valence-electron chi connectivity index (χ2n) is 7.22. The fourth-order valence-corrected chi connectivity index (χ4v) is 4.60. The minimum absolute atomic E-state index is 0.163. The summed E-state index contributed by atoms with van der Waals surface area (Å²) in [6.07, 6.45) is 3.75. The van der Waals surface area contributed by atoms with Crippen molar-refractivity contribution in [1.29, 1.82) is 0 Å². The van der Waals surface area contributed by atoms with Gasteiger partial charge in [-0.05, 0) is 36.4 Å². The van der Waals surface area contributed by atoms with E-state index in [-0.39, 0.29) is 11.7 Å². The molecule has 0 aliphatic carbocycles. The summed E-state index contributed by atoms with van der Waals surface area (Å²) in [5.74, 6) is 0.658. The molecule has 1 saturated heterocycles. The maximum atomic E-state index is 13.1. The van der Waals surface area contributed by atoms with Gasteiger partial charge in [-0.2, -0.15) is 0 Å². The van der Waals surface area contributed by atoms with Crippen LogP contribution in [0.2, 0.25) is 0 Å². The molecule has 1 aliphatic rings. The molecular formula is C22H25FN4OS. The number of nitrogens with zero attached hydrogens (tertiary/aromatic N) is 4. The van der Waals surface area contributed by atoms with Gasteiger partial charge in [-0.1, -0.05) is 19.1 Å². The van der Waals surface area contributed by atoms with Crippen LogP contribution in [0.4, 0.5) is 4.39 Å². The van der Waals surface area contributed by atoms with Crippen LogP contribution in [0.15, 0.2) is 53.8 Å². The van der Waals surface area contributed by atoms with E-state index in [1.54, 1.807) is 30.1 Å². The number of halogens is 1. The van der Waals surface area contributed by atoms with Gasteiger partial charge in [0.1, 0.15) is 17.4 Å². The van der Waals surface area contributed by atoms with Gasteiger partial charge < -0.3 is 14.4 Å². The number of piperazine rings is 1. The SMILES string of the molecule is CCN1CCN(C(=O)Cn2ccc3c(SCc4ccc(F)cc4)nccc32)CC1. The van der Waals surface area contributed by atoms with Crippen molar-refractivity contribution in [2.24, 2.45) is 0 Å². The Labute approximate surface area is 174 Å². The highest BCUT2D eigenvalue weighted by Gasteiger charge is 2.21. The van der Waals surface area contributed by atoms with E-state index in [0.29, 0.717) is 6.54 Å². The molecule has 1 fully saturated rings. The molecule has 0 N–H and O–H groups in total. The second kappa shape index (κ2) is 8.97. The van der Waals surface area contributed by atoms with E-state index in [9.17, 15) is 9.18 Å². The number of aromatic nitrogens is 2. The van der Waals surface area contributed by atoms with Crippen molar-refractivity contribution in [3.8, 4) is 0 Å². The highest BCUT2D eigenvalue weighted by atomic mass is 32.2. The zero-order chi connectivity index (χ0) is 20.2. The highest BCUT2D eigenvalue weighted by molar-refractivity contribution is 7.98. The fourth-order valence-electron chi connectivity index (χ4n) is 3.64. The molecule has 152 valence electrons. The lowest BCUT2D eigenvalue weighted by atomic mass is 10.2. The van der Waals surface area contributed by atoms with Crippen molar-refractivity contribution >= 4 is 28.6 Å². The van der Waals surface area contributed by atoms with Crippen molar-refractivity contribution < 1.29 is 9.18 Å². The number of fused-ring (bicyclic) bond motifs is 1. The zero-order valence-corrected chi connectivity index (χ0v) is 17.4. The first-order valence-electron chi connectivity index (χ1n) is 9.95. The van der Waals surface area contributed by atoms with Gasteiger partial charge in [-0.15, -0.1) is 11.8 Å². The largest absolute Gasteiger partial charge is 0.339 e. The summed E-state index contributed by atoms with van der Waals surface area (Å²) in [4.78, 5) is 21.6. The van der Waals surface area contributed by atoms with Crippen molar-refractivity contribution in [2.45, 2.75) is 24.2 Å². The molecule has 4 rings (SSSR count). The predicted molar refractivity (Wildman–Crippen MR) is 114 cm³/mol.